The van der Waals surface area contributed by atoms with Gasteiger partial charge in [-0.3, -0.25) is 4.79 Å². The van der Waals surface area contributed by atoms with E-state index in [4.69, 9.17) is 10.00 Å². The second-order valence-corrected chi connectivity index (χ2v) is 7.30. The van der Waals surface area contributed by atoms with Crippen LogP contribution in [0, 0.1) is 11.3 Å². The quantitative estimate of drug-likeness (QED) is 0.779. The average Bonchev–Trinajstić information content (AvgIpc) is 2.66. The van der Waals surface area contributed by atoms with E-state index in [1.54, 1.807) is 6.92 Å². The monoisotopic (exact) mass is 387 g/mol. The molecular formula is C13H14BrN3O4S. The summed E-state index contributed by atoms with van der Waals surface area (Å²) in [7, 11) is -3.94. The van der Waals surface area contributed by atoms with E-state index >= 15 is 0 Å². The molecule has 1 aromatic carbocycles. The highest BCUT2D eigenvalue weighted by Crippen LogP contribution is 2.34. The predicted molar refractivity (Wildman–Crippen MR) is 82.0 cm³/mol. The maximum atomic E-state index is 12.7. The van der Waals surface area contributed by atoms with Gasteiger partial charge in [-0.1, -0.05) is 22.9 Å². The van der Waals surface area contributed by atoms with Crippen molar-refractivity contribution in [1.82, 2.24) is 9.62 Å². The molecule has 0 saturated heterocycles. The number of sulfonamides is 1. The number of nitrogens with zero attached hydrogens (tertiary/aromatic N) is 2. The molecule has 22 heavy (non-hydrogen) atoms. The van der Waals surface area contributed by atoms with Crippen LogP contribution in [-0.4, -0.2) is 44.9 Å². The Morgan fingerprint density at radius 2 is 2.23 bits per heavy atom. The summed E-state index contributed by atoms with van der Waals surface area (Å²) in [5.74, 6) is -0.372. The number of nitrogens with one attached hydrogen (secondary N) is 1. The highest BCUT2D eigenvalue weighted by Gasteiger charge is 2.31. The Morgan fingerprint density at radius 1 is 1.50 bits per heavy atom. The Bertz CT molecular complexity index is 742. The predicted octanol–water partition coefficient (Wildman–Crippen LogP) is 1.11. The highest BCUT2D eigenvalue weighted by molar-refractivity contribution is 9.10. The molecule has 0 aromatic heterocycles. The summed E-state index contributed by atoms with van der Waals surface area (Å²) in [6, 6.07) is 4.72. The molecule has 1 amide bonds. The van der Waals surface area contributed by atoms with Crippen LogP contribution in [0.15, 0.2) is 21.5 Å². The molecule has 1 heterocycles. The van der Waals surface area contributed by atoms with Crippen molar-refractivity contribution in [1.29, 1.82) is 5.26 Å². The van der Waals surface area contributed by atoms with Gasteiger partial charge >= 0.3 is 0 Å². The van der Waals surface area contributed by atoms with Crippen LogP contribution in [0.3, 0.4) is 0 Å². The normalized spacial score (nSPS) is 14.5. The van der Waals surface area contributed by atoms with Gasteiger partial charge in [0.2, 0.25) is 10.0 Å². The van der Waals surface area contributed by atoms with E-state index in [-0.39, 0.29) is 35.9 Å². The lowest BCUT2D eigenvalue weighted by Crippen LogP contribution is -2.31. The van der Waals surface area contributed by atoms with Crippen LogP contribution < -0.4 is 10.1 Å². The van der Waals surface area contributed by atoms with Crippen LogP contribution in [-0.2, 0) is 10.0 Å². The molecule has 0 fully saturated rings. The Balaban J connectivity index is 2.66. The van der Waals surface area contributed by atoms with Crippen molar-refractivity contribution in [2.24, 2.45) is 0 Å². The maximum Gasteiger partial charge on any atom is 0.255 e. The topological polar surface area (TPSA) is 99.5 Å². The highest BCUT2D eigenvalue weighted by atomic mass is 79.9. The minimum atomic E-state index is -3.94. The van der Waals surface area contributed by atoms with Gasteiger partial charge in [-0.05, 0) is 12.1 Å². The van der Waals surface area contributed by atoms with E-state index in [0.29, 0.717) is 11.0 Å². The molecule has 0 atom stereocenters. The van der Waals surface area contributed by atoms with Crippen LogP contribution in [0.5, 0.6) is 5.75 Å². The van der Waals surface area contributed by atoms with Crippen LogP contribution in [0.2, 0.25) is 0 Å². The number of halogens is 1. The Hall–Kier alpha value is -1.63. The smallest absolute Gasteiger partial charge is 0.255 e. The molecule has 2 rings (SSSR count). The summed E-state index contributed by atoms with van der Waals surface area (Å²) < 4.78 is 32.4. The average molecular weight is 388 g/mol. The first-order valence-electron chi connectivity index (χ1n) is 6.53. The summed E-state index contributed by atoms with van der Waals surface area (Å²) in [6.45, 7) is 1.97. The number of nitriles is 1. The number of hydrogen-bond acceptors (Lipinski definition) is 5. The Morgan fingerprint density at radius 3 is 2.86 bits per heavy atom. The van der Waals surface area contributed by atoms with Gasteiger partial charge in [0.25, 0.3) is 5.91 Å². The first kappa shape index (κ1) is 16.7. The molecule has 9 heteroatoms. The van der Waals surface area contributed by atoms with Crippen LogP contribution in [0.25, 0.3) is 0 Å². The first-order valence-corrected chi connectivity index (χ1v) is 8.76. The lowest BCUT2D eigenvalue weighted by Gasteiger charge is -2.20. The van der Waals surface area contributed by atoms with E-state index in [2.05, 4.69) is 21.2 Å². The molecule has 1 N–H and O–H groups in total. The number of carbonyl (C=O) groups is 1. The molecule has 1 aliphatic heterocycles. The van der Waals surface area contributed by atoms with Gasteiger partial charge in [-0.2, -0.15) is 9.57 Å². The van der Waals surface area contributed by atoms with Gasteiger partial charge in [-0.15, -0.1) is 0 Å². The van der Waals surface area contributed by atoms with Crippen molar-refractivity contribution < 1.29 is 17.9 Å². The SMILES string of the molecule is CCN(CC#N)S(=O)(=O)c1cc(Br)cc2c1OCCNC2=O. The molecule has 0 bridgehead atoms. The zero-order valence-corrected chi connectivity index (χ0v) is 14.2. The molecule has 0 aliphatic carbocycles. The number of hydrogen-bond donors (Lipinski definition) is 1. The van der Waals surface area contributed by atoms with Gasteiger partial charge in [-0.25, -0.2) is 8.42 Å². The third kappa shape index (κ3) is 3.09. The van der Waals surface area contributed by atoms with E-state index in [1.807, 2.05) is 6.07 Å². The second-order valence-electron chi connectivity index (χ2n) is 4.47. The molecule has 118 valence electrons. The summed E-state index contributed by atoms with van der Waals surface area (Å²) in [6.07, 6.45) is 0. The van der Waals surface area contributed by atoms with Gasteiger partial charge in [0.05, 0.1) is 18.2 Å². The van der Waals surface area contributed by atoms with Crippen molar-refractivity contribution in [2.45, 2.75) is 11.8 Å². The zero-order valence-electron chi connectivity index (χ0n) is 11.8. The molecule has 0 spiro atoms. The lowest BCUT2D eigenvalue weighted by atomic mass is 10.2. The standard InChI is InChI=1S/C13H14BrN3O4S/c1-2-17(5-3-15)22(19,20)11-8-9(14)7-10-12(11)21-6-4-16-13(10)18/h7-8H,2,4-6H2,1H3,(H,16,18). The number of benzene rings is 1. The van der Waals surface area contributed by atoms with Crippen LogP contribution >= 0.6 is 15.9 Å². The number of fused-ring (bicyclic) bond motifs is 1. The molecule has 1 aliphatic rings. The van der Waals surface area contributed by atoms with Gasteiger partial charge < -0.3 is 10.1 Å². The van der Waals surface area contributed by atoms with E-state index in [1.165, 1.54) is 12.1 Å². The van der Waals surface area contributed by atoms with Gasteiger partial charge in [0.1, 0.15) is 18.0 Å². The van der Waals surface area contributed by atoms with Crippen molar-refractivity contribution in [3.8, 4) is 11.8 Å². The number of carbonyl (C=O) groups excluding carboxylic acids is 1. The number of rotatable bonds is 4. The van der Waals surface area contributed by atoms with Crippen molar-refractivity contribution >= 4 is 31.9 Å². The number of ether oxygens (including phenoxy) is 1. The van der Waals surface area contributed by atoms with Crippen molar-refractivity contribution in [3.63, 3.8) is 0 Å². The zero-order chi connectivity index (χ0) is 16.3. The Kier molecular flexibility index (Phi) is 5.05. The van der Waals surface area contributed by atoms with Crippen molar-refractivity contribution in [2.75, 3.05) is 26.2 Å². The largest absolute Gasteiger partial charge is 0.489 e. The third-order valence-corrected chi connectivity index (χ3v) is 5.50. The fourth-order valence-electron chi connectivity index (χ4n) is 2.08. The molecule has 1 aromatic rings. The van der Waals surface area contributed by atoms with Crippen molar-refractivity contribution in [3.05, 3.63) is 22.2 Å². The second kappa shape index (κ2) is 6.64. The summed E-state index contributed by atoms with van der Waals surface area (Å²) >= 11 is 3.21. The van der Waals surface area contributed by atoms with E-state index in [0.717, 1.165) is 4.31 Å². The van der Waals surface area contributed by atoms with Gasteiger partial charge in [0.15, 0.2) is 5.75 Å². The summed E-state index contributed by atoms with van der Waals surface area (Å²) in [4.78, 5) is 11.9. The lowest BCUT2D eigenvalue weighted by molar-refractivity contribution is 0.0957. The van der Waals surface area contributed by atoms with Crippen LogP contribution in [0.1, 0.15) is 17.3 Å². The molecule has 7 nitrogen and oxygen atoms in total. The first-order chi connectivity index (χ1) is 10.4. The summed E-state index contributed by atoms with van der Waals surface area (Å²) in [5.41, 5.74) is 0.151. The maximum absolute atomic E-state index is 12.7. The molecule has 0 unspecified atom stereocenters. The van der Waals surface area contributed by atoms with Gasteiger partial charge in [0, 0.05) is 11.0 Å². The fraction of sp³-hybridized carbons (Fsp3) is 0.385. The molecule has 0 radical (unpaired) electrons. The molecular weight excluding hydrogens is 374 g/mol. The molecule has 0 saturated carbocycles. The Labute approximate surface area is 137 Å². The van der Waals surface area contributed by atoms with E-state index < -0.39 is 15.9 Å². The van der Waals surface area contributed by atoms with Crippen LogP contribution in [0.4, 0.5) is 0 Å². The number of amides is 1. The third-order valence-electron chi connectivity index (χ3n) is 3.12. The van der Waals surface area contributed by atoms with E-state index in [9.17, 15) is 13.2 Å². The fourth-order valence-corrected chi connectivity index (χ4v) is 4.21. The minimum Gasteiger partial charge on any atom is -0.489 e. The summed E-state index contributed by atoms with van der Waals surface area (Å²) in [5, 5.41) is 11.4. The minimum absolute atomic E-state index is 0.0228.